The third-order valence-corrected chi connectivity index (χ3v) is 2.79. The van der Waals surface area contributed by atoms with Gasteiger partial charge in [0.25, 0.3) is 0 Å². The smallest absolute Gasteiger partial charge is 0.220 e. The van der Waals surface area contributed by atoms with Crippen molar-refractivity contribution in [1.29, 1.82) is 0 Å². The molecule has 0 rings (SSSR count). The van der Waals surface area contributed by atoms with Gasteiger partial charge < -0.3 is 5.32 Å². The Morgan fingerprint density at radius 3 is 1.93 bits per heavy atom. The van der Waals surface area contributed by atoms with E-state index in [-0.39, 0.29) is 22.5 Å². The van der Waals surface area contributed by atoms with Crippen molar-refractivity contribution < 1.29 is 9.59 Å². The van der Waals surface area contributed by atoms with E-state index in [1.807, 2.05) is 27.7 Å². The molecular formula is C12H23NO2. The van der Waals surface area contributed by atoms with Gasteiger partial charge in [-0.25, -0.2) is 0 Å². The normalized spacial score (nSPS) is 12.4. The number of hydrogen-bond donors (Lipinski definition) is 1. The first-order valence-corrected chi connectivity index (χ1v) is 5.32. The molecule has 0 atom stereocenters. The molecule has 1 N–H and O–H groups in total. The Morgan fingerprint density at radius 2 is 1.60 bits per heavy atom. The van der Waals surface area contributed by atoms with E-state index in [9.17, 15) is 9.59 Å². The number of nitrogens with one attached hydrogen (secondary N) is 1. The second-order valence-corrected chi connectivity index (χ2v) is 5.63. The topological polar surface area (TPSA) is 46.2 Å². The minimum Gasteiger partial charge on any atom is -0.359 e. The summed E-state index contributed by atoms with van der Waals surface area (Å²) < 4.78 is 0. The number of hydrogen-bond acceptors (Lipinski definition) is 2. The Kier molecular flexibility index (Phi) is 4.50. The standard InChI is InChI=1S/C12H23NO2/c1-9(14)12(4,5)8-11(2,3)7-10(15)13-6/h7-8H2,1-6H3,(H,13,15). The number of amides is 1. The van der Waals surface area contributed by atoms with E-state index in [1.54, 1.807) is 14.0 Å². The minimum absolute atomic E-state index is 0.0272. The first kappa shape index (κ1) is 14.1. The minimum atomic E-state index is -0.350. The fourth-order valence-corrected chi connectivity index (χ4v) is 1.91. The molecule has 3 nitrogen and oxygen atoms in total. The van der Waals surface area contributed by atoms with E-state index >= 15 is 0 Å². The Balaban J connectivity index is 4.50. The van der Waals surface area contributed by atoms with Crippen LogP contribution in [0.15, 0.2) is 0 Å². The first-order valence-electron chi connectivity index (χ1n) is 5.32. The van der Waals surface area contributed by atoms with Crippen molar-refractivity contribution in [2.75, 3.05) is 7.05 Å². The molecule has 0 spiro atoms. The molecule has 0 aromatic rings. The lowest BCUT2D eigenvalue weighted by atomic mass is 9.71. The highest BCUT2D eigenvalue weighted by atomic mass is 16.1. The zero-order valence-electron chi connectivity index (χ0n) is 10.7. The highest BCUT2D eigenvalue weighted by molar-refractivity contribution is 5.81. The second kappa shape index (κ2) is 4.77. The zero-order chi connectivity index (χ0) is 12.3. The fourth-order valence-electron chi connectivity index (χ4n) is 1.91. The summed E-state index contributed by atoms with van der Waals surface area (Å²) in [5, 5.41) is 2.61. The van der Waals surface area contributed by atoms with Crippen LogP contribution in [0, 0.1) is 10.8 Å². The molecule has 0 aliphatic rings. The molecule has 0 saturated heterocycles. The van der Waals surface area contributed by atoms with E-state index < -0.39 is 0 Å². The summed E-state index contributed by atoms with van der Waals surface area (Å²) in [6, 6.07) is 0. The van der Waals surface area contributed by atoms with Gasteiger partial charge in [-0.05, 0) is 18.8 Å². The summed E-state index contributed by atoms with van der Waals surface area (Å²) in [7, 11) is 1.63. The second-order valence-electron chi connectivity index (χ2n) is 5.63. The summed E-state index contributed by atoms with van der Waals surface area (Å²) >= 11 is 0. The molecule has 0 aliphatic carbocycles. The van der Waals surface area contributed by atoms with Crippen molar-refractivity contribution in [3.63, 3.8) is 0 Å². The third-order valence-electron chi connectivity index (χ3n) is 2.79. The number of Topliss-reactive ketones (excluding diaryl/α,β-unsaturated/α-hetero) is 1. The van der Waals surface area contributed by atoms with Crippen LogP contribution in [-0.4, -0.2) is 18.7 Å². The monoisotopic (exact) mass is 213 g/mol. The average molecular weight is 213 g/mol. The summed E-state index contributed by atoms with van der Waals surface area (Å²) in [6.07, 6.45) is 1.18. The van der Waals surface area contributed by atoms with Crippen LogP contribution in [0.25, 0.3) is 0 Å². The lowest BCUT2D eigenvalue weighted by molar-refractivity contribution is -0.128. The van der Waals surface area contributed by atoms with E-state index in [2.05, 4.69) is 5.32 Å². The maximum absolute atomic E-state index is 11.4. The molecule has 0 fully saturated rings. The predicted octanol–water partition coefficient (Wildman–Crippen LogP) is 2.15. The lowest BCUT2D eigenvalue weighted by Gasteiger charge is -2.32. The molecule has 3 heteroatoms. The SMILES string of the molecule is CNC(=O)CC(C)(C)CC(C)(C)C(C)=O. The molecule has 0 radical (unpaired) electrons. The van der Waals surface area contributed by atoms with Crippen molar-refractivity contribution in [3.8, 4) is 0 Å². The molecule has 0 saturated carbocycles. The highest BCUT2D eigenvalue weighted by Crippen LogP contribution is 2.36. The van der Waals surface area contributed by atoms with Gasteiger partial charge in [-0.2, -0.15) is 0 Å². The summed E-state index contributed by atoms with van der Waals surface area (Å²) in [4.78, 5) is 22.7. The molecule has 1 amide bonds. The molecule has 0 heterocycles. The van der Waals surface area contributed by atoms with Gasteiger partial charge in [0.15, 0.2) is 0 Å². The molecule has 0 aliphatic heterocycles. The molecule has 0 aromatic carbocycles. The number of rotatable bonds is 5. The van der Waals surface area contributed by atoms with Crippen molar-refractivity contribution in [3.05, 3.63) is 0 Å². The Bertz CT molecular complexity index is 254. The Morgan fingerprint density at radius 1 is 1.13 bits per heavy atom. The van der Waals surface area contributed by atoms with Crippen LogP contribution in [0.5, 0.6) is 0 Å². The Labute approximate surface area is 92.6 Å². The molecule has 0 aromatic heterocycles. The van der Waals surface area contributed by atoms with E-state index in [4.69, 9.17) is 0 Å². The van der Waals surface area contributed by atoms with Crippen LogP contribution < -0.4 is 5.32 Å². The van der Waals surface area contributed by atoms with Crippen molar-refractivity contribution in [1.82, 2.24) is 5.32 Å². The molecule has 15 heavy (non-hydrogen) atoms. The summed E-state index contributed by atoms with van der Waals surface area (Å²) in [6.45, 7) is 9.51. The largest absolute Gasteiger partial charge is 0.359 e. The van der Waals surface area contributed by atoms with Gasteiger partial charge in [-0.15, -0.1) is 0 Å². The van der Waals surface area contributed by atoms with Gasteiger partial charge in [0.2, 0.25) is 5.91 Å². The van der Waals surface area contributed by atoms with Crippen molar-refractivity contribution in [2.24, 2.45) is 10.8 Å². The maximum atomic E-state index is 11.4. The third kappa shape index (κ3) is 4.96. The van der Waals surface area contributed by atoms with Gasteiger partial charge in [-0.1, -0.05) is 27.7 Å². The van der Waals surface area contributed by atoms with Crippen LogP contribution in [0.2, 0.25) is 0 Å². The van der Waals surface area contributed by atoms with Crippen LogP contribution >= 0.6 is 0 Å². The van der Waals surface area contributed by atoms with Crippen LogP contribution in [0.1, 0.15) is 47.5 Å². The molecule has 88 valence electrons. The lowest BCUT2D eigenvalue weighted by Crippen LogP contribution is -2.33. The van der Waals surface area contributed by atoms with Gasteiger partial charge >= 0.3 is 0 Å². The number of ketones is 1. The molecular weight excluding hydrogens is 190 g/mol. The first-order chi connectivity index (χ1) is 6.60. The van der Waals surface area contributed by atoms with Gasteiger partial charge in [0.1, 0.15) is 5.78 Å². The highest BCUT2D eigenvalue weighted by Gasteiger charge is 2.33. The van der Waals surface area contributed by atoms with E-state index in [0.717, 1.165) is 6.42 Å². The van der Waals surface area contributed by atoms with Gasteiger partial charge in [0, 0.05) is 18.9 Å². The summed E-state index contributed by atoms with van der Waals surface area (Å²) in [5.74, 6) is 0.201. The number of carbonyl (C=O) groups excluding carboxylic acids is 2. The Hall–Kier alpha value is -0.860. The summed E-state index contributed by atoms with van der Waals surface area (Å²) in [5.41, 5.74) is -0.493. The molecule has 0 bridgehead atoms. The maximum Gasteiger partial charge on any atom is 0.220 e. The fraction of sp³-hybridized carbons (Fsp3) is 0.833. The van der Waals surface area contributed by atoms with Crippen molar-refractivity contribution >= 4 is 11.7 Å². The van der Waals surface area contributed by atoms with Crippen LogP contribution in [-0.2, 0) is 9.59 Å². The van der Waals surface area contributed by atoms with E-state index in [1.165, 1.54) is 0 Å². The van der Waals surface area contributed by atoms with Crippen LogP contribution in [0.3, 0.4) is 0 Å². The zero-order valence-corrected chi connectivity index (χ0v) is 10.7. The average Bonchev–Trinajstić information content (AvgIpc) is 2.00. The predicted molar refractivity (Wildman–Crippen MR) is 61.5 cm³/mol. The quantitative estimate of drug-likeness (QED) is 0.760. The van der Waals surface area contributed by atoms with Crippen LogP contribution in [0.4, 0.5) is 0 Å². The molecule has 0 unspecified atom stereocenters. The number of carbonyl (C=O) groups is 2. The van der Waals surface area contributed by atoms with Gasteiger partial charge in [-0.3, -0.25) is 9.59 Å². The van der Waals surface area contributed by atoms with Crippen molar-refractivity contribution in [2.45, 2.75) is 47.5 Å². The van der Waals surface area contributed by atoms with E-state index in [0.29, 0.717) is 6.42 Å². The van der Waals surface area contributed by atoms with Gasteiger partial charge in [0.05, 0.1) is 0 Å².